The molecular weight excluding hydrogens is 180 g/mol. The molecule has 6 heteroatoms. The molecule has 0 amide bonds. The Morgan fingerprint density at radius 2 is 1.31 bits per heavy atom. The lowest BCUT2D eigenvalue weighted by atomic mass is 10.1. The van der Waals surface area contributed by atoms with Gasteiger partial charge in [0.2, 0.25) is 5.78 Å². The molecule has 0 saturated heterocycles. The Balaban J connectivity index is 4.73. The Morgan fingerprint density at radius 1 is 0.846 bits per heavy atom. The first-order valence-corrected chi connectivity index (χ1v) is 3.04. The highest BCUT2D eigenvalue weighted by molar-refractivity contribution is 6.90. The lowest BCUT2D eigenvalue weighted by Gasteiger charge is -1.89. The molecule has 0 N–H and O–H groups in total. The van der Waals surface area contributed by atoms with Gasteiger partial charge in [-0.3, -0.25) is 28.8 Å². The van der Waals surface area contributed by atoms with E-state index in [0.29, 0.717) is 0 Å². The third kappa shape index (κ3) is 2.51. The largest absolute Gasteiger partial charge is 0.294 e. The quantitative estimate of drug-likeness (QED) is 0.279. The zero-order chi connectivity index (χ0) is 10.6. The molecule has 0 aliphatic rings. The molecule has 0 heterocycles. The van der Waals surface area contributed by atoms with E-state index in [1.165, 1.54) is 0 Å². The van der Waals surface area contributed by atoms with E-state index in [1.807, 2.05) is 0 Å². The van der Waals surface area contributed by atoms with Gasteiger partial charge in [-0.1, -0.05) is 0 Å². The van der Waals surface area contributed by atoms with Crippen LogP contribution in [0.15, 0.2) is 0 Å². The summed E-state index contributed by atoms with van der Waals surface area (Å²) in [6.07, 6.45) is -0.395. The predicted molar refractivity (Wildman–Crippen MR) is 36.8 cm³/mol. The predicted octanol–water partition coefficient (Wildman–Crippen LogP) is -1.95. The molecule has 0 aromatic carbocycles. The van der Waals surface area contributed by atoms with Crippen LogP contribution in [-0.2, 0) is 28.8 Å². The van der Waals surface area contributed by atoms with Crippen LogP contribution in [0, 0.1) is 0 Å². The summed E-state index contributed by atoms with van der Waals surface area (Å²) < 4.78 is 0. The maximum atomic E-state index is 10.6. The van der Waals surface area contributed by atoms with Crippen molar-refractivity contribution in [3.8, 4) is 0 Å². The maximum Gasteiger partial charge on any atom is 0.280 e. The first-order chi connectivity index (χ1) is 5.91. The Kier molecular flexibility index (Phi) is 3.52. The van der Waals surface area contributed by atoms with Crippen molar-refractivity contribution < 1.29 is 28.8 Å². The number of Topliss-reactive ketones (excluding diaryl/α,β-unsaturated/α-hetero) is 5. The van der Waals surface area contributed by atoms with Gasteiger partial charge in [0, 0.05) is 6.92 Å². The zero-order valence-corrected chi connectivity index (χ0v) is 6.53. The highest BCUT2D eigenvalue weighted by atomic mass is 16.2. The molecule has 0 spiro atoms. The van der Waals surface area contributed by atoms with E-state index in [-0.39, 0.29) is 0 Å². The van der Waals surface area contributed by atoms with Gasteiger partial charge >= 0.3 is 0 Å². The lowest BCUT2D eigenvalue weighted by molar-refractivity contribution is -0.151. The van der Waals surface area contributed by atoms with Crippen molar-refractivity contribution in [3.63, 3.8) is 0 Å². The molecule has 0 aromatic heterocycles. The van der Waals surface area contributed by atoms with E-state index in [2.05, 4.69) is 0 Å². The van der Waals surface area contributed by atoms with Crippen LogP contribution < -0.4 is 0 Å². The van der Waals surface area contributed by atoms with Crippen LogP contribution in [0.3, 0.4) is 0 Å². The van der Waals surface area contributed by atoms with E-state index < -0.39 is 35.2 Å². The minimum absolute atomic E-state index is 0.395. The van der Waals surface area contributed by atoms with Gasteiger partial charge in [-0.25, -0.2) is 0 Å². The van der Waals surface area contributed by atoms with Crippen molar-refractivity contribution in [2.75, 3.05) is 0 Å². The molecule has 0 radical (unpaired) electrons. The summed E-state index contributed by atoms with van der Waals surface area (Å²) in [7, 11) is 0. The molecule has 0 aliphatic carbocycles. The van der Waals surface area contributed by atoms with Crippen molar-refractivity contribution in [3.05, 3.63) is 0 Å². The van der Waals surface area contributed by atoms with Gasteiger partial charge in [0.05, 0.1) is 0 Å². The second kappa shape index (κ2) is 4.15. The Bertz CT molecular complexity index is 324. The van der Waals surface area contributed by atoms with E-state index >= 15 is 0 Å². The number of rotatable bonds is 5. The Labute approximate surface area is 71.9 Å². The van der Waals surface area contributed by atoms with Crippen molar-refractivity contribution in [1.29, 1.82) is 0 Å². The first kappa shape index (κ1) is 11.0. The fraction of sp³-hybridized carbons (Fsp3) is 0.143. The summed E-state index contributed by atoms with van der Waals surface area (Å²) in [4.78, 5) is 61.9. The summed E-state index contributed by atoms with van der Waals surface area (Å²) in [5.41, 5.74) is 0. The topological polar surface area (TPSA) is 102 Å². The fourth-order valence-electron chi connectivity index (χ4n) is 0.428. The Morgan fingerprint density at radius 3 is 1.62 bits per heavy atom. The Hall–Kier alpha value is -1.98. The van der Waals surface area contributed by atoms with E-state index in [0.717, 1.165) is 6.92 Å². The molecule has 0 bridgehead atoms. The third-order valence-electron chi connectivity index (χ3n) is 1.06. The maximum absolute atomic E-state index is 10.6. The minimum atomic E-state index is -1.78. The number of hydrogen-bond acceptors (Lipinski definition) is 6. The highest BCUT2D eigenvalue weighted by Gasteiger charge is 2.30. The SMILES string of the molecule is CC(=O)C(=O)C(=O)C(=O)C(=O)C=O. The molecule has 0 aromatic rings. The van der Waals surface area contributed by atoms with E-state index in [4.69, 9.17) is 0 Å². The number of ketones is 5. The molecule has 0 atom stereocenters. The smallest absolute Gasteiger partial charge is 0.280 e. The number of carbonyl (C=O) groups is 6. The lowest BCUT2D eigenvalue weighted by Crippen LogP contribution is -2.34. The van der Waals surface area contributed by atoms with Crippen LogP contribution in [0.25, 0.3) is 0 Å². The number of hydrogen-bond donors (Lipinski definition) is 0. The van der Waals surface area contributed by atoms with E-state index in [9.17, 15) is 28.8 Å². The van der Waals surface area contributed by atoms with Gasteiger partial charge < -0.3 is 0 Å². The summed E-state index contributed by atoms with van der Waals surface area (Å²) in [5, 5.41) is 0. The summed E-state index contributed by atoms with van der Waals surface area (Å²) >= 11 is 0. The van der Waals surface area contributed by atoms with Crippen molar-refractivity contribution >= 4 is 35.2 Å². The van der Waals surface area contributed by atoms with Gasteiger partial charge in [-0.05, 0) is 0 Å². The minimum Gasteiger partial charge on any atom is -0.294 e. The van der Waals surface area contributed by atoms with E-state index in [1.54, 1.807) is 0 Å². The average Bonchev–Trinajstić information content (AvgIpc) is 2.12. The molecule has 6 nitrogen and oxygen atoms in total. The first-order valence-electron chi connectivity index (χ1n) is 3.04. The fourth-order valence-corrected chi connectivity index (χ4v) is 0.428. The van der Waals surface area contributed by atoms with Gasteiger partial charge in [-0.15, -0.1) is 0 Å². The van der Waals surface area contributed by atoms with Crippen LogP contribution in [0.1, 0.15) is 6.92 Å². The molecular formula is C7H4O6. The number of carbonyl (C=O) groups excluding carboxylic acids is 6. The molecule has 13 heavy (non-hydrogen) atoms. The van der Waals surface area contributed by atoms with Gasteiger partial charge in [0.25, 0.3) is 23.1 Å². The van der Waals surface area contributed by atoms with Crippen LogP contribution in [0.2, 0.25) is 0 Å². The third-order valence-corrected chi connectivity index (χ3v) is 1.06. The van der Waals surface area contributed by atoms with Gasteiger partial charge in [-0.2, -0.15) is 0 Å². The molecule has 0 fully saturated rings. The molecule has 0 saturated carbocycles. The standard InChI is InChI=1S/C7H4O6/c1-3(9)5(11)7(13)6(12)4(10)2-8/h2H,1H3. The van der Waals surface area contributed by atoms with Crippen LogP contribution >= 0.6 is 0 Å². The molecule has 0 rings (SSSR count). The summed E-state index contributed by atoms with van der Waals surface area (Å²) in [6.45, 7) is 0.777. The average molecular weight is 184 g/mol. The van der Waals surface area contributed by atoms with Crippen LogP contribution in [0.4, 0.5) is 0 Å². The second-order valence-electron chi connectivity index (χ2n) is 2.03. The highest BCUT2D eigenvalue weighted by Crippen LogP contribution is 1.84. The zero-order valence-electron chi connectivity index (χ0n) is 6.53. The normalized spacial score (nSPS) is 8.69. The van der Waals surface area contributed by atoms with Crippen molar-refractivity contribution in [2.45, 2.75) is 6.92 Å². The van der Waals surface area contributed by atoms with Crippen molar-refractivity contribution in [1.82, 2.24) is 0 Å². The van der Waals surface area contributed by atoms with Gasteiger partial charge in [0.15, 0.2) is 6.29 Å². The van der Waals surface area contributed by atoms with Gasteiger partial charge in [0.1, 0.15) is 0 Å². The van der Waals surface area contributed by atoms with Crippen LogP contribution in [-0.4, -0.2) is 35.2 Å². The van der Waals surface area contributed by atoms with Crippen LogP contribution in [0.5, 0.6) is 0 Å². The number of aldehydes is 1. The monoisotopic (exact) mass is 184 g/mol. The molecule has 0 aliphatic heterocycles. The van der Waals surface area contributed by atoms with Crippen molar-refractivity contribution in [2.24, 2.45) is 0 Å². The molecule has 68 valence electrons. The summed E-state index contributed by atoms with van der Waals surface area (Å²) in [5.74, 6) is -7.95. The second-order valence-corrected chi connectivity index (χ2v) is 2.03. The summed E-state index contributed by atoms with van der Waals surface area (Å²) in [6, 6.07) is 0. The molecule has 0 unspecified atom stereocenters.